The summed E-state index contributed by atoms with van der Waals surface area (Å²) in [6.45, 7) is 6.18. The molecule has 1 unspecified atom stereocenters. The Bertz CT molecular complexity index is 869. The highest BCUT2D eigenvalue weighted by Crippen LogP contribution is 2.34. The summed E-state index contributed by atoms with van der Waals surface area (Å²) >= 11 is 2.98. The first-order valence-electron chi connectivity index (χ1n) is 8.81. The van der Waals surface area contributed by atoms with E-state index in [1.807, 2.05) is 6.07 Å². The summed E-state index contributed by atoms with van der Waals surface area (Å²) in [6, 6.07) is 9.02. The van der Waals surface area contributed by atoms with Crippen molar-refractivity contribution in [2.45, 2.75) is 20.0 Å². The Balaban J connectivity index is 1.62. The third-order valence-corrected chi connectivity index (χ3v) is 6.51. The Hall–Kier alpha value is -2.16. The summed E-state index contributed by atoms with van der Waals surface area (Å²) in [7, 11) is 1.59. The Morgan fingerprint density at radius 2 is 1.96 bits per heavy atom. The fourth-order valence-corrected chi connectivity index (χ4v) is 4.94. The number of fused-ring (bicyclic) bond motifs is 1. The summed E-state index contributed by atoms with van der Waals surface area (Å²) in [5.41, 5.74) is 0.730. The zero-order valence-electron chi connectivity index (χ0n) is 15.6. The zero-order chi connectivity index (χ0) is 19.4. The number of thiophene rings is 1. The van der Waals surface area contributed by atoms with Crippen molar-refractivity contribution < 1.29 is 14.6 Å². The molecule has 0 radical (unpaired) electrons. The van der Waals surface area contributed by atoms with Gasteiger partial charge in [0.05, 0.1) is 22.8 Å². The van der Waals surface area contributed by atoms with Gasteiger partial charge >= 0.3 is 0 Å². The largest absolute Gasteiger partial charge is 0.497 e. The number of hydrogen-bond donors (Lipinski definition) is 2. The van der Waals surface area contributed by atoms with Crippen molar-refractivity contribution >= 4 is 43.2 Å². The van der Waals surface area contributed by atoms with Gasteiger partial charge in [0.1, 0.15) is 10.6 Å². The second-order valence-electron chi connectivity index (χ2n) is 5.95. The number of carbonyl (C=O) groups is 1. The van der Waals surface area contributed by atoms with Crippen LogP contribution in [0.5, 0.6) is 5.75 Å². The molecule has 6 nitrogen and oxygen atoms in total. The van der Waals surface area contributed by atoms with Crippen LogP contribution in [0.25, 0.3) is 9.53 Å². The first-order valence-corrected chi connectivity index (χ1v) is 10.4. The second kappa shape index (κ2) is 8.69. The normalized spacial score (nSPS) is 12.1. The molecule has 144 valence electrons. The van der Waals surface area contributed by atoms with Gasteiger partial charge in [-0.25, -0.2) is 4.98 Å². The van der Waals surface area contributed by atoms with Crippen molar-refractivity contribution in [3.63, 3.8) is 0 Å². The number of anilines is 1. The SMILES string of the molecule is CCN(CC)c1nc2sc(C(=O)NCC(O)c3ccc(OC)cc3)cc2s1. The van der Waals surface area contributed by atoms with E-state index in [4.69, 9.17) is 4.74 Å². The van der Waals surface area contributed by atoms with E-state index < -0.39 is 6.10 Å². The number of amides is 1. The third-order valence-electron chi connectivity index (χ3n) is 4.29. The van der Waals surface area contributed by atoms with Gasteiger partial charge in [-0.05, 0) is 37.6 Å². The van der Waals surface area contributed by atoms with E-state index in [0.717, 1.165) is 39.1 Å². The lowest BCUT2D eigenvalue weighted by atomic mass is 10.1. The van der Waals surface area contributed by atoms with E-state index in [9.17, 15) is 9.90 Å². The molecule has 0 aliphatic carbocycles. The molecule has 0 aliphatic rings. The van der Waals surface area contributed by atoms with Crippen LogP contribution in [0, 0.1) is 0 Å². The van der Waals surface area contributed by atoms with Gasteiger partial charge in [0.25, 0.3) is 5.91 Å². The minimum atomic E-state index is -0.770. The Morgan fingerprint density at radius 3 is 2.56 bits per heavy atom. The van der Waals surface area contributed by atoms with Crippen LogP contribution in [0.15, 0.2) is 30.3 Å². The van der Waals surface area contributed by atoms with Crippen LogP contribution < -0.4 is 15.0 Å². The standard InChI is InChI=1S/C19H23N3O3S2/c1-4-22(5-2)19-21-18-16(27-19)10-15(26-18)17(24)20-11-14(23)12-6-8-13(25-3)9-7-12/h6-10,14,23H,4-5,11H2,1-3H3,(H,20,24). The van der Waals surface area contributed by atoms with Gasteiger partial charge in [0, 0.05) is 19.6 Å². The molecule has 27 heavy (non-hydrogen) atoms. The van der Waals surface area contributed by atoms with Crippen molar-refractivity contribution in [1.29, 1.82) is 0 Å². The first-order chi connectivity index (χ1) is 13.0. The van der Waals surface area contributed by atoms with Crippen molar-refractivity contribution in [3.05, 3.63) is 40.8 Å². The van der Waals surface area contributed by atoms with Crippen molar-refractivity contribution in [1.82, 2.24) is 10.3 Å². The number of methoxy groups -OCH3 is 1. The lowest BCUT2D eigenvalue weighted by Crippen LogP contribution is -2.27. The molecule has 0 aliphatic heterocycles. The number of nitrogens with zero attached hydrogens (tertiary/aromatic N) is 2. The average molecular weight is 406 g/mol. The van der Waals surface area contributed by atoms with Crippen LogP contribution in [-0.4, -0.2) is 42.7 Å². The minimum absolute atomic E-state index is 0.148. The van der Waals surface area contributed by atoms with E-state index in [-0.39, 0.29) is 12.5 Å². The predicted octanol–water partition coefficient (Wildman–Crippen LogP) is 3.68. The second-order valence-corrected chi connectivity index (χ2v) is 7.99. The summed E-state index contributed by atoms with van der Waals surface area (Å²) in [4.78, 5) is 20.7. The number of benzene rings is 1. The van der Waals surface area contributed by atoms with Gasteiger partial charge in [-0.3, -0.25) is 4.79 Å². The molecule has 1 aromatic carbocycles. The average Bonchev–Trinajstić information content (AvgIpc) is 3.26. The van der Waals surface area contributed by atoms with Gasteiger partial charge in [0.2, 0.25) is 0 Å². The van der Waals surface area contributed by atoms with E-state index in [1.165, 1.54) is 11.3 Å². The molecule has 2 heterocycles. The van der Waals surface area contributed by atoms with Gasteiger partial charge < -0.3 is 20.1 Å². The van der Waals surface area contributed by atoms with Crippen LogP contribution in [0.2, 0.25) is 0 Å². The molecule has 0 spiro atoms. The highest BCUT2D eigenvalue weighted by Gasteiger charge is 2.17. The first kappa shape index (κ1) is 19.6. The summed E-state index contributed by atoms with van der Waals surface area (Å²) < 4.78 is 6.12. The fourth-order valence-electron chi connectivity index (χ4n) is 2.69. The van der Waals surface area contributed by atoms with Crippen LogP contribution in [-0.2, 0) is 0 Å². The molecule has 3 rings (SSSR count). The van der Waals surface area contributed by atoms with E-state index in [1.54, 1.807) is 42.7 Å². The number of aromatic nitrogens is 1. The number of ether oxygens (including phenoxy) is 1. The van der Waals surface area contributed by atoms with Crippen LogP contribution in [0.1, 0.15) is 35.2 Å². The van der Waals surface area contributed by atoms with Crippen molar-refractivity contribution in [3.8, 4) is 5.75 Å². The molecule has 2 N–H and O–H groups in total. The molecule has 8 heteroatoms. The zero-order valence-corrected chi connectivity index (χ0v) is 17.2. The van der Waals surface area contributed by atoms with E-state index >= 15 is 0 Å². The number of carbonyl (C=O) groups excluding carboxylic acids is 1. The van der Waals surface area contributed by atoms with Gasteiger partial charge in [-0.15, -0.1) is 11.3 Å². The molecule has 1 amide bonds. The number of rotatable bonds is 8. The molecule has 0 bridgehead atoms. The van der Waals surface area contributed by atoms with Crippen LogP contribution in [0.4, 0.5) is 5.13 Å². The lowest BCUT2D eigenvalue weighted by Gasteiger charge is -2.16. The highest BCUT2D eigenvalue weighted by atomic mass is 32.1. The predicted molar refractivity (Wildman–Crippen MR) is 111 cm³/mol. The summed E-state index contributed by atoms with van der Waals surface area (Å²) in [6.07, 6.45) is -0.770. The monoisotopic (exact) mass is 405 g/mol. The van der Waals surface area contributed by atoms with E-state index in [0.29, 0.717) is 4.88 Å². The number of thiazole rings is 1. The molecule has 2 aromatic heterocycles. The maximum absolute atomic E-state index is 12.4. The number of aliphatic hydroxyl groups excluding tert-OH is 1. The van der Waals surface area contributed by atoms with Gasteiger partial charge in [-0.1, -0.05) is 23.5 Å². The lowest BCUT2D eigenvalue weighted by molar-refractivity contribution is 0.0920. The molecular formula is C19H23N3O3S2. The maximum atomic E-state index is 12.4. The number of nitrogens with one attached hydrogen (secondary N) is 1. The Kier molecular flexibility index (Phi) is 6.30. The minimum Gasteiger partial charge on any atom is -0.497 e. The smallest absolute Gasteiger partial charge is 0.261 e. The van der Waals surface area contributed by atoms with E-state index in [2.05, 4.69) is 29.0 Å². The molecule has 1 atom stereocenters. The Labute approximate surface area is 166 Å². The Morgan fingerprint density at radius 1 is 1.26 bits per heavy atom. The fraction of sp³-hybridized carbons (Fsp3) is 0.368. The van der Waals surface area contributed by atoms with Gasteiger partial charge in [0.15, 0.2) is 5.13 Å². The quantitative estimate of drug-likeness (QED) is 0.598. The van der Waals surface area contributed by atoms with Gasteiger partial charge in [-0.2, -0.15) is 0 Å². The number of aliphatic hydroxyl groups is 1. The van der Waals surface area contributed by atoms with Crippen LogP contribution >= 0.6 is 22.7 Å². The highest BCUT2D eigenvalue weighted by molar-refractivity contribution is 7.29. The molecular weight excluding hydrogens is 382 g/mol. The molecule has 0 fully saturated rings. The topological polar surface area (TPSA) is 74.7 Å². The van der Waals surface area contributed by atoms with Crippen molar-refractivity contribution in [2.75, 3.05) is 31.6 Å². The maximum Gasteiger partial charge on any atom is 0.261 e. The van der Waals surface area contributed by atoms with Crippen molar-refractivity contribution in [2.24, 2.45) is 0 Å². The number of hydrogen-bond acceptors (Lipinski definition) is 7. The van der Waals surface area contributed by atoms with Crippen LogP contribution in [0.3, 0.4) is 0 Å². The summed E-state index contributed by atoms with van der Waals surface area (Å²) in [5, 5.41) is 14.0. The molecule has 3 aromatic rings. The molecule has 0 saturated carbocycles. The third kappa shape index (κ3) is 4.40. The molecule has 0 saturated heterocycles. The summed E-state index contributed by atoms with van der Waals surface area (Å²) in [5.74, 6) is 0.535.